The highest BCUT2D eigenvalue weighted by atomic mass is 35.5. The van der Waals surface area contributed by atoms with Crippen molar-refractivity contribution in [1.82, 2.24) is 4.98 Å². The Morgan fingerprint density at radius 2 is 2.24 bits per heavy atom. The molecule has 2 heterocycles. The normalized spacial score (nSPS) is 17.1. The predicted octanol–water partition coefficient (Wildman–Crippen LogP) is 2.74. The van der Waals surface area contributed by atoms with Gasteiger partial charge in [-0.3, -0.25) is 0 Å². The molecule has 3 nitrogen and oxygen atoms in total. The zero-order valence-corrected chi connectivity index (χ0v) is 10.6. The van der Waals surface area contributed by atoms with E-state index in [9.17, 15) is 4.39 Å². The molecule has 1 fully saturated rings. The van der Waals surface area contributed by atoms with Gasteiger partial charge in [-0.2, -0.15) is 0 Å². The Morgan fingerprint density at radius 3 is 2.88 bits per heavy atom. The van der Waals surface area contributed by atoms with Crippen LogP contribution in [0.25, 0.3) is 0 Å². The molecule has 1 aliphatic heterocycles. The molecule has 0 N–H and O–H groups in total. The number of nitrogens with zero attached hydrogens (tertiary/aromatic N) is 2. The van der Waals surface area contributed by atoms with E-state index in [1.54, 1.807) is 0 Å². The molecule has 0 spiro atoms. The fourth-order valence-electron chi connectivity index (χ4n) is 2.09. The zero-order valence-electron chi connectivity index (χ0n) is 9.83. The van der Waals surface area contributed by atoms with Crippen LogP contribution in [0.3, 0.4) is 0 Å². The summed E-state index contributed by atoms with van der Waals surface area (Å²) < 4.78 is 18.9. The monoisotopic (exact) mass is 258 g/mol. The third kappa shape index (κ3) is 3.30. The van der Waals surface area contributed by atoms with E-state index in [4.69, 9.17) is 16.3 Å². The summed E-state index contributed by atoms with van der Waals surface area (Å²) >= 11 is 5.68. The summed E-state index contributed by atoms with van der Waals surface area (Å²) in [4.78, 5) is 5.88. The SMILES string of the molecule is CN(CC1CCOCC1)c1ncc(Cl)cc1F. The average Bonchev–Trinajstić information content (AvgIpc) is 2.30. The van der Waals surface area contributed by atoms with Crippen LogP contribution in [0, 0.1) is 11.7 Å². The van der Waals surface area contributed by atoms with Crippen molar-refractivity contribution in [2.45, 2.75) is 12.8 Å². The number of pyridine rings is 1. The molecule has 1 aromatic heterocycles. The van der Waals surface area contributed by atoms with Crippen LogP contribution in [-0.2, 0) is 4.74 Å². The number of aromatic nitrogens is 1. The van der Waals surface area contributed by atoms with Gasteiger partial charge in [0.2, 0.25) is 0 Å². The Balaban J connectivity index is 2.00. The van der Waals surface area contributed by atoms with Crippen molar-refractivity contribution in [3.8, 4) is 0 Å². The van der Waals surface area contributed by atoms with Gasteiger partial charge in [0.05, 0.1) is 5.02 Å². The first kappa shape index (κ1) is 12.6. The molecule has 0 aliphatic carbocycles. The van der Waals surface area contributed by atoms with Gasteiger partial charge in [-0.1, -0.05) is 11.6 Å². The molecule has 5 heteroatoms. The van der Waals surface area contributed by atoms with Crippen LogP contribution >= 0.6 is 11.6 Å². The number of hydrogen-bond donors (Lipinski definition) is 0. The minimum absolute atomic E-state index is 0.325. The van der Waals surface area contributed by atoms with E-state index in [1.165, 1.54) is 12.3 Å². The van der Waals surface area contributed by atoms with Gasteiger partial charge in [-0.05, 0) is 24.8 Å². The Hall–Kier alpha value is -0.870. The molecule has 1 aliphatic rings. The second kappa shape index (κ2) is 5.65. The van der Waals surface area contributed by atoms with Crippen molar-refractivity contribution < 1.29 is 9.13 Å². The number of rotatable bonds is 3. The summed E-state index contributed by atoms with van der Waals surface area (Å²) in [5.74, 6) is 0.540. The third-order valence-electron chi connectivity index (χ3n) is 3.02. The predicted molar refractivity (Wildman–Crippen MR) is 66.0 cm³/mol. The Kier molecular flexibility index (Phi) is 4.18. The molecule has 0 unspecified atom stereocenters. The van der Waals surface area contributed by atoms with Gasteiger partial charge in [-0.15, -0.1) is 0 Å². The lowest BCUT2D eigenvalue weighted by Gasteiger charge is -2.27. The van der Waals surface area contributed by atoms with Gasteiger partial charge in [0.1, 0.15) is 0 Å². The maximum atomic E-state index is 13.6. The van der Waals surface area contributed by atoms with Crippen LogP contribution in [0.5, 0.6) is 0 Å². The van der Waals surface area contributed by atoms with Gasteiger partial charge in [0, 0.05) is 33.0 Å². The second-order valence-corrected chi connectivity index (χ2v) is 4.83. The van der Waals surface area contributed by atoms with Crippen molar-refractivity contribution in [3.05, 3.63) is 23.1 Å². The minimum Gasteiger partial charge on any atom is -0.381 e. The van der Waals surface area contributed by atoms with Crippen LogP contribution in [0.15, 0.2) is 12.3 Å². The third-order valence-corrected chi connectivity index (χ3v) is 3.23. The van der Waals surface area contributed by atoms with Crippen LogP contribution in [-0.4, -0.2) is 31.8 Å². The largest absolute Gasteiger partial charge is 0.381 e. The standard InChI is InChI=1S/C12H16ClFN2O/c1-16(8-9-2-4-17-5-3-9)12-11(14)6-10(13)7-15-12/h6-7,9H,2-5,8H2,1H3. The lowest BCUT2D eigenvalue weighted by Crippen LogP contribution is -2.30. The molecule has 17 heavy (non-hydrogen) atoms. The lowest BCUT2D eigenvalue weighted by molar-refractivity contribution is 0.0684. The van der Waals surface area contributed by atoms with Crippen LogP contribution in [0.4, 0.5) is 10.2 Å². The Morgan fingerprint density at radius 1 is 1.53 bits per heavy atom. The summed E-state index contributed by atoms with van der Waals surface area (Å²) in [6.45, 7) is 2.40. The van der Waals surface area contributed by atoms with Crippen molar-refractivity contribution in [3.63, 3.8) is 0 Å². The van der Waals surface area contributed by atoms with Crippen molar-refractivity contribution >= 4 is 17.4 Å². The highest BCUT2D eigenvalue weighted by Crippen LogP contribution is 2.22. The van der Waals surface area contributed by atoms with Crippen molar-refractivity contribution in [2.24, 2.45) is 5.92 Å². The summed E-state index contributed by atoms with van der Waals surface area (Å²) in [5, 5.41) is 0.325. The molecule has 0 bridgehead atoms. The fraction of sp³-hybridized carbons (Fsp3) is 0.583. The van der Waals surface area contributed by atoms with Gasteiger partial charge in [0.25, 0.3) is 0 Å². The maximum Gasteiger partial charge on any atom is 0.167 e. The molecule has 0 saturated carbocycles. The molecule has 1 saturated heterocycles. The maximum absolute atomic E-state index is 13.6. The topological polar surface area (TPSA) is 25.4 Å². The van der Waals surface area contributed by atoms with E-state index in [0.29, 0.717) is 16.8 Å². The molecule has 1 aromatic rings. The summed E-state index contributed by atoms with van der Waals surface area (Å²) in [6.07, 6.45) is 3.53. The number of anilines is 1. The van der Waals surface area contributed by atoms with Crippen LogP contribution in [0.2, 0.25) is 5.02 Å². The molecule has 0 atom stereocenters. The molecular formula is C12H16ClFN2O. The average molecular weight is 259 g/mol. The summed E-state index contributed by atoms with van der Waals surface area (Å²) in [7, 11) is 1.86. The first-order chi connectivity index (χ1) is 8.16. The van der Waals surface area contributed by atoms with E-state index < -0.39 is 0 Å². The molecule has 94 valence electrons. The molecule has 2 rings (SSSR count). The second-order valence-electron chi connectivity index (χ2n) is 4.40. The van der Waals surface area contributed by atoms with Crippen LogP contribution in [0.1, 0.15) is 12.8 Å². The van der Waals surface area contributed by atoms with Crippen LogP contribution < -0.4 is 4.90 Å². The van der Waals surface area contributed by atoms with Gasteiger partial charge in [-0.25, -0.2) is 9.37 Å². The summed E-state index contributed by atoms with van der Waals surface area (Å²) in [5.41, 5.74) is 0. The highest BCUT2D eigenvalue weighted by Gasteiger charge is 2.18. The van der Waals surface area contributed by atoms with E-state index in [-0.39, 0.29) is 5.82 Å². The smallest absolute Gasteiger partial charge is 0.167 e. The highest BCUT2D eigenvalue weighted by molar-refractivity contribution is 6.30. The van der Waals surface area contributed by atoms with E-state index in [1.807, 2.05) is 11.9 Å². The number of halogens is 2. The minimum atomic E-state index is -0.368. The zero-order chi connectivity index (χ0) is 12.3. The molecule has 0 radical (unpaired) electrons. The number of ether oxygens (including phenoxy) is 1. The first-order valence-electron chi connectivity index (χ1n) is 5.76. The van der Waals surface area contributed by atoms with Gasteiger partial charge in [0.15, 0.2) is 11.6 Å². The Bertz CT molecular complexity index is 383. The van der Waals surface area contributed by atoms with E-state index in [2.05, 4.69) is 4.98 Å². The van der Waals surface area contributed by atoms with E-state index in [0.717, 1.165) is 32.6 Å². The lowest BCUT2D eigenvalue weighted by atomic mass is 10.00. The first-order valence-corrected chi connectivity index (χ1v) is 6.14. The quantitative estimate of drug-likeness (QED) is 0.834. The molecular weight excluding hydrogens is 243 g/mol. The molecule has 0 amide bonds. The molecule has 0 aromatic carbocycles. The van der Waals surface area contributed by atoms with Crippen molar-refractivity contribution in [1.29, 1.82) is 0 Å². The summed E-state index contributed by atoms with van der Waals surface area (Å²) in [6, 6.07) is 1.30. The van der Waals surface area contributed by atoms with E-state index >= 15 is 0 Å². The fourth-order valence-corrected chi connectivity index (χ4v) is 2.24. The number of hydrogen-bond acceptors (Lipinski definition) is 3. The van der Waals surface area contributed by atoms with Gasteiger partial charge < -0.3 is 9.64 Å². The van der Waals surface area contributed by atoms with Gasteiger partial charge >= 0.3 is 0 Å². The Labute approximate surface area is 106 Å². The van der Waals surface area contributed by atoms with Crippen molar-refractivity contribution in [2.75, 3.05) is 31.7 Å².